The second-order valence-electron chi connectivity index (χ2n) is 9.66. The van der Waals surface area contributed by atoms with Gasteiger partial charge in [0.05, 0.1) is 34.8 Å². The summed E-state index contributed by atoms with van der Waals surface area (Å²) in [6.45, 7) is 1.13. The van der Waals surface area contributed by atoms with Crippen LogP contribution in [0.25, 0.3) is 22.4 Å². The smallest absolute Gasteiger partial charge is 0.335 e. The number of ether oxygens (including phenoxy) is 2. The Morgan fingerprint density at radius 3 is 2.66 bits per heavy atom. The van der Waals surface area contributed by atoms with Crippen LogP contribution >= 0.6 is 11.6 Å². The molecule has 0 bridgehead atoms. The zero-order chi connectivity index (χ0) is 28.5. The number of carboxylic acid groups (broad SMARTS) is 1. The molecule has 1 atom stereocenters. The molecular formula is C30H23ClF2N4O4. The third-order valence-electron chi connectivity index (χ3n) is 6.91. The minimum atomic E-state index is -1.02. The van der Waals surface area contributed by atoms with E-state index in [-0.39, 0.29) is 40.6 Å². The Morgan fingerprint density at radius 2 is 1.93 bits per heavy atom. The predicted octanol–water partition coefficient (Wildman–Crippen LogP) is 6.08. The first kappa shape index (κ1) is 26.8. The molecule has 5 aromatic rings. The van der Waals surface area contributed by atoms with Crippen molar-refractivity contribution in [3.63, 3.8) is 0 Å². The summed E-state index contributed by atoms with van der Waals surface area (Å²) in [4.78, 5) is 24.7. The van der Waals surface area contributed by atoms with Crippen molar-refractivity contribution in [2.24, 2.45) is 0 Å². The van der Waals surface area contributed by atoms with Gasteiger partial charge in [0, 0.05) is 35.9 Å². The van der Waals surface area contributed by atoms with Gasteiger partial charge in [-0.3, -0.25) is 0 Å². The minimum absolute atomic E-state index is 0.0153. The number of aromatic nitrogens is 4. The van der Waals surface area contributed by atoms with Crippen LogP contribution in [0.3, 0.4) is 0 Å². The Bertz CT molecular complexity index is 1770. The average molecular weight is 577 g/mol. The van der Waals surface area contributed by atoms with Gasteiger partial charge in [-0.15, -0.1) is 0 Å². The van der Waals surface area contributed by atoms with Crippen LogP contribution in [0, 0.1) is 11.6 Å². The molecule has 1 saturated heterocycles. The number of nitrogens with zero attached hydrogens (tertiary/aromatic N) is 4. The fourth-order valence-corrected chi connectivity index (χ4v) is 4.81. The number of aromatic carboxylic acids is 1. The molecule has 1 fully saturated rings. The fourth-order valence-electron chi connectivity index (χ4n) is 4.65. The Balaban J connectivity index is 1.23. The molecule has 1 aliphatic heterocycles. The Labute approximate surface area is 238 Å². The highest BCUT2D eigenvalue weighted by Gasteiger charge is 2.23. The molecule has 6 rings (SSSR count). The summed E-state index contributed by atoms with van der Waals surface area (Å²) in [5.74, 6) is -1.08. The molecule has 208 valence electrons. The van der Waals surface area contributed by atoms with Gasteiger partial charge in [-0.25, -0.2) is 23.5 Å². The number of halogens is 3. The molecule has 41 heavy (non-hydrogen) atoms. The van der Waals surface area contributed by atoms with Crippen molar-refractivity contribution in [2.75, 3.05) is 6.61 Å². The normalized spacial score (nSPS) is 14.7. The van der Waals surface area contributed by atoms with E-state index in [1.165, 1.54) is 36.5 Å². The maximum atomic E-state index is 15.3. The summed E-state index contributed by atoms with van der Waals surface area (Å²) in [5.41, 5.74) is 2.67. The van der Waals surface area contributed by atoms with Gasteiger partial charge in [0.1, 0.15) is 24.1 Å². The molecule has 0 aliphatic carbocycles. The van der Waals surface area contributed by atoms with Crippen molar-refractivity contribution in [3.05, 3.63) is 106 Å². The summed E-state index contributed by atoms with van der Waals surface area (Å²) in [7, 11) is 0. The molecular weight excluding hydrogens is 554 g/mol. The maximum absolute atomic E-state index is 15.3. The van der Waals surface area contributed by atoms with Crippen molar-refractivity contribution in [1.29, 1.82) is 0 Å². The number of hydrogen-bond donors (Lipinski definition) is 1. The van der Waals surface area contributed by atoms with Crippen molar-refractivity contribution in [3.8, 4) is 17.3 Å². The lowest BCUT2D eigenvalue weighted by Crippen LogP contribution is -2.31. The lowest BCUT2D eigenvalue weighted by atomic mass is 10.1. The number of imidazole rings is 1. The van der Waals surface area contributed by atoms with E-state index in [1.807, 2.05) is 4.57 Å². The summed E-state index contributed by atoms with van der Waals surface area (Å²) >= 11 is 5.80. The molecule has 3 heterocycles. The first-order chi connectivity index (χ1) is 19.8. The SMILES string of the molecule is O=C(O)c1ccc2nc(Cc3ccc(-c4nccc(OCc5ccc(Cl)cc5F)n4)c(F)c3)n(C[C@@H]3CCO3)c2c1. The Hall–Kier alpha value is -4.41. The Kier molecular flexibility index (Phi) is 7.34. The first-order valence-corrected chi connectivity index (χ1v) is 13.2. The van der Waals surface area contributed by atoms with Crippen molar-refractivity contribution < 1.29 is 28.2 Å². The summed E-state index contributed by atoms with van der Waals surface area (Å²) in [5, 5.41) is 9.74. The van der Waals surface area contributed by atoms with E-state index in [0.29, 0.717) is 47.6 Å². The number of carbonyl (C=O) groups is 1. The van der Waals surface area contributed by atoms with Gasteiger partial charge >= 0.3 is 5.97 Å². The monoisotopic (exact) mass is 576 g/mol. The van der Waals surface area contributed by atoms with Crippen molar-refractivity contribution >= 4 is 28.6 Å². The minimum Gasteiger partial charge on any atom is -0.478 e. The third kappa shape index (κ3) is 5.75. The van der Waals surface area contributed by atoms with E-state index >= 15 is 4.39 Å². The van der Waals surface area contributed by atoms with Gasteiger partial charge in [0.15, 0.2) is 5.82 Å². The molecule has 0 spiro atoms. The summed E-state index contributed by atoms with van der Waals surface area (Å²) in [6.07, 6.45) is 2.68. The quantitative estimate of drug-likeness (QED) is 0.227. The number of rotatable bonds is 9. The maximum Gasteiger partial charge on any atom is 0.335 e. The molecule has 0 radical (unpaired) electrons. The topological polar surface area (TPSA) is 99.4 Å². The highest BCUT2D eigenvalue weighted by molar-refractivity contribution is 6.30. The second-order valence-corrected chi connectivity index (χ2v) is 10.1. The molecule has 8 nitrogen and oxygen atoms in total. The van der Waals surface area contributed by atoms with Crippen LogP contribution in [-0.2, 0) is 24.3 Å². The highest BCUT2D eigenvalue weighted by atomic mass is 35.5. The molecule has 11 heteroatoms. The number of benzene rings is 3. The molecule has 1 N–H and O–H groups in total. The standard InChI is InChI=1S/C30H23ClF2N4O4/c31-20-4-2-19(23(32)14-20)16-41-28-7-9-34-29(36-28)22-5-1-17(11-24(22)33)12-27-35-25-6-3-18(30(38)39)13-26(25)37(27)15-21-8-10-40-21/h1-7,9,11,13-14,21H,8,10,12,15-16H2,(H,38,39)/t21-/m0/s1. The second kappa shape index (κ2) is 11.2. The van der Waals surface area contributed by atoms with Crippen LogP contribution in [0.5, 0.6) is 5.88 Å². The fraction of sp³-hybridized carbons (Fsp3) is 0.200. The van der Waals surface area contributed by atoms with Gasteiger partial charge in [-0.2, -0.15) is 4.98 Å². The van der Waals surface area contributed by atoms with Crippen LogP contribution in [-0.4, -0.2) is 43.3 Å². The molecule has 2 aromatic heterocycles. The van der Waals surface area contributed by atoms with Gasteiger partial charge in [0.2, 0.25) is 5.88 Å². The van der Waals surface area contributed by atoms with Crippen molar-refractivity contribution in [1.82, 2.24) is 19.5 Å². The van der Waals surface area contributed by atoms with E-state index in [1.54, 1.807) is 30.3 Å². The van der Waals surface area contributed by atoms with Crippen molar-refractivity contribution in [2.45, 2.75) is 32.1 Å². The van der Waals surface area contributed by atoms with E-state index in [9.17, 15) is 14.3 Å². The summed E-state index contributed by atoms with van der Waals surface area (Å²) in [6, 6.07) is 15.4. The van der Waals surface area contributed by atoms with Crippen LogP contribution < -0.4 is 4.74 Å². The van der Waals surface area contributed by atoms with Gasteiger partial charge in [-0.1, -0.05) is 23.7 Å². The van der Waals surface area contributed by atoms with E-state index in [0.717, 1.165) is 6.42 Å². The number of carboxylic acids is 1. The Morgan fingerprint density at radius 1 is 1.07 bits per heavy atom. The largest absolute Gasteiger partial charge is 0.478 e. The molecule has 0 unspecified atom stereocenters. The van der Waals surface area contributed by atoms with Crippen LogP contribution in [0.1, 0.15) is 33.7 Å². The first-order valence-electron chi connectivity index (χ1n) is 12.9. The number of fused-ring (bicyclic) bond motifs is 1. The van der Waals surface area contributed by atoms with Crippen LogP contribution in [0.15, 0.2) is 66.9 Å². The van der Waals surface area contributed by atoms with E-state index in [4.69, 9.17) is 26.1 Å². The third-order valence-corrected chi connectivity index (χ3v) is 7.15. The van der Waals surface area contributed by atoms with Gasteiger partial charge in [0.25, 0.3) is 0 Å². The zero-order valence-corrected chi connectivity index (χ0v) is 22.3. The lowest BCUT2D eigenvalue weighted by Gasteiger charge is -2.27. The molecule has 3 aromatic carbocycles. The van der Waals surface area contributed by atoms with E-state index < -0.39 is 17.6 Å². The van der Waals surface area contributed by atoms with E-state index in [2.05, 4.69) is 9.97 Å². The summed E-state index contributed by atoms with van der Waals surface area (Å²) < 4.78 is 42.6. The molecule has 1 aliphatic rings. The molecule has 0 amide bonds. The number of hydrogen-bond acceptors (Lipinski definition) is 6. The lowest BCUT2D eigenvalue weighted by molar-refractivity contribution is -0.0589. The predicted molar refractivity (Wildman–Crippen MR) is 147 cm³/mol. The highest BCUT2D eigenvalue weighted by Crippen LogP contribution is 2.27. The average Bonchev–Trinajstić information content (AvgIpc) is 3.26. The zero-order valence-electron chi connectivity index (χ0n) is 21.6. The molecule has 0 saturated carbocycles. The van der Waals surface area contributed by atoms with Gasteiger partial charge < -0.3 is 19.1 Å². The van der Waals surface area contributed by atoms with Crippen LogP contribution in [0.4, 0.5) is 8.78 Å². The van der Waals surface area contributed by atoms with Gasteiger partial charge in [-0.05, 0) is 54.4 Å². The van der Waals surface area contributed by atoms with Crippen LogP contribution in [0.2, 0.25) is 5.02 Å².